The fraction of sp³-hybridized carbons (Fsp3) is 0.292. The highest BCUT2D eigenvalue weighted by molar-refractivity contribution is 7.87. The number of aromatic nitrogens is 1. The highest BCUT2D eigenvalue weighted by Gasteiger charge is 2.44. The molecule has 2 aromatic carbocycles. The Balaban J connectivity index is 1.36. The number of guanidine groups is 1. The molecule has 1 heterocycles. The Kier molecular flexibility index (Phi) is 7.27. The summed E-state index contributed by atoms with van der Waals surface area (Å²) in [6.45, 7) is 2.10. The van der Waals surface area contributed by atoms with Crippen molar-refractivity contribution in [3.05, 3.63) is 60.2 Å². The summed E-state index contributed by atoms with van der Waals surface area (Å²) in [5.74, 6) is -0.519. The highest BCUT2D eigenvalue weighted by atomic mass is 32.2. The number of carbonyl (C=O) groups is 1. The van der Waals surface area contributed by atoms with Crippen LogP contribution < -0.4 is 20.4 Å². The molecule has 1 fully saturated rings. The standard InChI is InChI=1S/C24H26N4O7S/c1-16-10-18(33-15-24(8-9-24)14-32-13-22(29)34-28-23(25)26)12-19(11-16)35-36(30,31)21-7-6-17-4-2-3-5-20(17)27-21/h2-7,10-12H,8-9,13-15H2,1H3,(H4,25,26,28). The predicted molar refractivity (Wildman–Crippen MR) is 131 cm³/mol. The van der Waals surface area contributed by atoms with E-state index < -0.39 is 16.1 Å². The Hall–Kier alpha value is -3.90. The lowest BCUT2D eigenvalue weighted by Gasteiger charge is -2.17. The van der Waals surface area contributed by atoms with E-state index in [4.69, 9.17) is 25.1 Å². The Morgan fingerprint density at radius 3 is 2.56 bits per heavy atom. The minimum Gasteiger partial charge on any atom is -0.493 e. The van der Waals surface area contributed by atoms with E-state index in [-0.39, 0.29) is 35.4 Å². The molecule has 1 aliphatic carbocycles. The van der Waals surface area contributed by atoms with Gasteiger partial charge in [0.05, 0.1) is 18.7 Å². The van der Waals surface area contributed by atoms with Crippen LogP contribution in [-0.2, 0) is 24.5 Å². The highest BCUT2D eigenvalue weighted by Crippen LogP contribution is 2.46. The van der Waals surface area contributed by atoms with E-state index in [9.17, 15) is 13.2 Å². The number of pyridine rings is 1. The molecule has 0 spiro atoms. The molecule has 0 bridgehead atoms. The lowest BCUT2D eigenvalue weighted by Crippen LogP contribution is -2.25. The normalized spacial score (nSPS) is 14.1. The van der Waals surface area contributed by atoms with E-state index in [0.29, 0.717) is 17.9 Å². The van der Waals surface area contributed by atoms with E-state index in [0.717, 1.165) is 23.8 Å². The first-order chi connectivity index (χ1) is 17.1. The molecule has 36 heavy (non-hydrogen) atoms. The van der Waals surface area contributed by atoms with Crippen LogP contribution in [-0.4, -0.2) is 45.2 Å². The Bertz CT molecular complexity index is 1400. The zero-order valence-electron chi connectivity index (χ0n) is 19.5. The van der Waals surface area contributed by atoms with Gasteiger partial charge in [0.2, 0.25) is 5.96 Å². The molecule has 0 saturated heterocycles. The van der Waals surface area contributed by atoms with Gasteiger partial charge >= 0.3 is 16.1 Å². The first-order valence-electron chi connectivity index (χ1n) is 11.1. The lowest BCUT2D eigenvalue weighted by atomic mass is 10.1. The van der Waals surface area contributed by atoms with Crippen molar-refractivity contribution in [3.8, 4) is 11.5 Å². The summed E-state index contributed by atoms with van der Waals surface area (Å²) >= 11 is 0. The summed E-state index contributed by atoms with van der Waals surface area (Å²) in [6.07, 6.45) is 1.71. The SMILES string of the molecule is Cc1cc(OCC2(COCC(=O)ON=C(N)N)CC2)cc(OS(=O)(=O)c2ccc3ccccc3n2)c1. The largest absolute Gasteiger partial charge is 0.493 e. The second-order valence-electron chi connectivity index (χ2n) is 8.62. The number of hydrogen-bond donors (Lipinski definition) is 2. The van der Waals surface area contributed by atoms with Gasteiger partial charge in [-0.25, -0.2) is 9.78 Å². The maximum atomic E-state index is 12.9. The molecule has 190 valence electrons. The molecular formula is C24H26N4O7S. The van der Waals surface area contributed by atoms with Gasteiger partial charge in [0.15, 0.2) is 5.03 Å². The molecule has 0 amide bonds. The van der Waals surface area contributed by atoms with Crippen molar-refractivity contribution in [2.24, 2.45) is 22.0 Å². The van der Waals surface area contributed by atoms with E-state index in [1.165, 1.54) is 12.1 Å². The Labute approximate surface area is 208 Å². The lowest BCUT2D eigenvalue weighted by molar-refractivity contribution is -0.149. The second-order valence-corrected chi connectivity index (χ2v) is 10.1. The average Bonchev–Trinajstić information content (AvgIpc) is 3.60. The van der Waals surface area contributed by atoms with Gasteiger partial charge in [-0.1, -0.05) is 18.2 Å². The van der Waals surface area contributed by atoms with Gasteiger partial charge in [-0.2, -0.15) is 8.42 Å². The maximum Gasteiger partial charge on any atom is 0.360 e. The van der Waals surface area contributed by atoms with Crippen LogP contribution in [0.25, 0.3) is 10.9 Å². The second kappa shape index (κ2) is 10.4. The third kappa shape index (κ3) is 6.61. The van der Waals surface area contributed by atoms with Crippen molar-refractivity contribution in [3.63, 3.8) is 0 Å². The van der Waals surface area contributed by atoms with Crippen LogP contribution >= 0.6 is 0 Å². The van der Waals surface area contributed by atoms with Crippen LogP contribution in [0.5, 0.6) is 11.5 Å². The number of para-hydroxylation sites is 1. The molecule has 1 saturated carbocycles. The Morgan fingerprint density at radius 1 is 1.06 bits per heavy atom. The molecule has 3 aromatic rings. The monoisotopic (exact) mass is 514 g/mol. The van der Waals surface area contributed by atoms with Crippen LogP contribution in [0.2, 0.25) is 0 Å². The average molecular weight is 515 g/mol. The summed E-state index contributed by atoms with van der Waals surface area (Å²) in [5.41, 5.74) is 11.3. The van der Waals surface area contributed by atoms with Crippen molar-refractivity contribution < 1.29 is 31.7 Å². The molecule has 4 N–H and O–H groups in total. The number of nitrogens with two attached hydrogens (primary N) is 2. The summed E-state index contributed by atoms with van der Waals surface area (Å²) in [5, 5.41) is 3.81. The Morgan fingerprint density at radius 2 is 1.81 bits per heavy atom. The number of oxime groups is 1. The van der Waals surface area contributed by atoms with Crippen molar-refractivity contribution in [1.29, 1.82) is 0 Å². The van der Waals surface area contributed by atoms with Crippen LogP contribution in [0.3, 0.4) is 0 Å². The minimum absolute atomic E-state index is 0.114. The first-order valence-corrected chi connectivity index (χ1v) is 12.5. The molecule has 0 radical (unpaired) electrons. The molecule has 4 rings (SSSR count). The summed E-state index contributed by atoms with van der Waals surface area (Å²) in [4.78, 5) is 20.2. The van der Waals surface area contributed by atoms with E-state index in [1.54, 1.807) is 37.3 Å². The molecule has 1 aromatic heterocycles. The first kappa shape index (κ1) is 25.2. The van der Waals surface area contributed by atoms with Crippen LogP contribution in [0.1, 0.15) is 18.4 Å². The number of hydrogen-bond acceptors (Lipinski definition) is 9. The molecule has 0 unspecified atom stereocenters. The maximum absolute atomic E-state index is 12.9. The van der Waals surface area contributed by atoms with Crippen molar-refractivity contribution in [1.82, 2.24) is 4.98 Å². The van der Waals surface area contributed by atoms with Gasteiger partial charge in [0, 0.05) is 16.9 Å². The van der Waals surface area contributed by atoms with Crippen LogP contribution in [0.15, 0.2) is 64.8 Å². The quantitative estimate of drug-likeness (QED) is 0.127. The summed E-state index contributed by atoms with van der Waals surface area (Å²) < 4.78 is 42.4. The fourth-order valence-electron chi connectivity index (χ4n) is 3.43. The molecule has 1 aliphatic rings. The van der Waals surface area contributed by atoms with Crippen molar-refractivity contribution in [2.45, 2.75) is 24.8 Å². The smallest absolute Gasteiger partial charge is 0.360 e. The van der Waals surface area contributed by atoms with Gasteiger partial charge in [-0.3, -0.25) is 0 Å². The van der Waals surface area contributed by atoms with Gasteiger partial charge < -0.3 is 30.0 Å². The molecule has 12 heteroatoms. The number of carbonyl (C=O) groups excluding carboxylic acids is 1. The van der Waals surface area contributed by atoms with Crippen LogP contribution in [0.4, 0.5) is 0 Å². The van der Waals surface area contributed by atoms with Crippen molar-refractivity contribution in [2.75, 3.05) is 19.8 Å². The zero-order chi connectivity index (χ0) is 25.8. The predicted octanol–water partition coefficient (Wildman–Crippen LogP) is 2.22. The van der Waals surface area contributed by atoms with Crippen molar-refractivity contribution >= 4 is 32.9 Å². The van der Waals surface area contributed by atoms with E-state index in [1.807, 2.05) is 12.1 Å². The molecule has 0 atom stereocenters. The van der Waals surface area contributed by atoms with Gasteiger partial charge in [0.1, 0.15) is 18.1 Å². The summed E-state index contributed by atoms with van der Waals surface area (Å²) in [6, 6.07) is 15.2. The topological polar surface area (TPSA) is 165 Å². The number of aryl methyl sites for hydroxylation is 1. The molecule has 11 nitrogen and oxygen atoms in total. The third-order valence-electron chi connectivity index (χ3n) is 5.44. The number of ether oxygens (including phenoxy) is 2. The molecule has 0 aliphatic heterocycles. The van der Waals surface area contributed by atoms with E-state index >= 15 is 0 Å². The number of benzene rings is 2. The number of nitrogens with zero attached hydrogens (tertiary/aromatic N) is 2. The van der Waals surface area contributed by atoms with Gasteiger partial charge in [-0.15, -0.1) is 0 Å². The number of rotatable bonds is 11. The van der Waals surface area contributed by atoms with E-state index in [2.05, 4.69) is 15.0 Å². The zero-order valence-corrected chi connectivity index (χ0v) is 20.4. The third-order valence-corrected chi connectivity index (χ3v) is 6.59. The van der Waals surface area contributed by atoms with Gasteiger partial charge in [-0.05, 0) is 60.8 Å². The van der Waals surface area contributed by atoms with Crippen LogP contribution in [0, 0.1) is 12.3 Å². The summed E-state index contributed by atoms with van der Waals surface area (Å²) in [7, 11) is -4.16. The molecular weight excluding hydrogens is 488 g/mol. The minimum atomic E-state index is -4.16. The fourth-order valence-corrected chi connectivity index (χ4v) is 4.31. The van der Waals surface area contributed by atoms with Gasteiger partial charge in [0.25, 0.3) is 0 Å². The number of fused-ring (bicyclic) bond motifs is 1.